The second kappa shape index (κ2) is 8.41. The van der Waals surface area contributed by atoms with Gasteiger partial charge in [-0.15, -0.1) is 12.8 Å². The van der Waals surface area contributed by atoms with E-state index in [0.29, 0.717) is 28.4 Å². The van der Waals surface area contributed by atoms with Gasteiger partial charge in [0.1, 0.15) is 5.75 Å². The maximum atomic E-state index is 12.4. The van der Waals surface area contributed by atoms with Crippen LogP contribution in [0.5, 0.6) is 17.2 Å². The molecule has 1 heterocycles. The average Bonchev–Trinajstić information content (AvgIpc) is 3.15. The molecule has 0 N–H and O–H groups in total. The molecule has 0 fully saturated rings. The number of ketones is 1. The fraction of sp³-hybridized carbons (Fsp3) is 0.143. The van der Waals surface area contributed by atoms with Gasteiger partial charge in [-0.2, -0.15) is 5.26 Å². The van der Waals surface area contributed by atoms with Crippen LogP contribution < -0.4 is 14.2 Å². The zero-order chi connectivity index (χ0) is 19.1. The molecular formula is C21H17NO4. The smallest absolute Gasteiger partial charge is 0.231 e. The summed E-state index contributed by atoms with van der Waals surface area (Å²) in [5.41, 5.74) is 2.24. The summed E-state index contributed by atoms with van der Waals surface area (Å²) in [7, 11) is 1.58. The van der Waals surface area contributed by atoms with E-state index in [0.717, 1.165) is 5.56 Å². The summed E-state index contributed by atoms with van der Waals surface area (Å²) in [6.45, 7) is 2.02. The minimum atomic E-state index is -0.241. The lowest BCUT2D eigenvalue weighted by Crippen LogP contribution is -1.98. The van der Waals surface area contributed by atoms with Crippen molar-refractivity contribution in [3.8, 4) is 36.2 Å². The quantitative estimate of drug-likeness (QED) is 0.364. The summed E-state index contributed by atoms with van der Waals surface area (Å²) in [6.07, 6.45) is 9.33. The lowest BCUT2D eigenvalue weighted by atomic mass is 10.0. The standard InChI is InChI=1S/C19H15NO4.C2H2/c1-12-7-14(4-5-17(12)22-2)16(21)8-15(10-20)13-3-6-18-19(9-13)24-11-23-18;1-2/h3-9H,11H2,1-2H3;1-2H/b15-8+;. The van der Waals surface area contributed by atoms with Crippen LogP contribution in [0.15, 0.2) is 42.5 Å². The minimum Gasteiger partial charge on any atom is -0.496 e. The highest BCUT2D eigenvalue weighted by molar-refractivity contribution is 6.10. The molecule has 0 amide bonds. The molecule has 5 heteroatoms. The molecule has 130 valence electrons. The Bertz CT molecular complexity index is 919. The van der Waals surface area contributed by atoms with Gasteiger partial charge in [-0.3, -0.25) is 4.79 Å². The normalized spacial score (nSPS) is 11.7. The Balaban J connectivity index is 0.00000117. The number of hydrogen-bond acceptors (Lipinski definition) is 5. The van der Waals surface area contributed by atoms with Gasteiger partial charge in [0.05, 0.1) is 18.8 Å². The summed E-state index contributed by atoms with van der Waals surface area (Å²) in [5.74, 6) is 1.68. The van der Waals surface area contributed by atoms with Gasteiger partial charge in [0, 0.05) is 11.6 Å². The Morgan fingerprint density at radius 2 is 1.85 bits per heavy atom. The summed E-state index contributed by atoms with van der Waals surface area (Å²) in [5, 5.41) is 9.40. The number of carbonyl (C=O) groups excluding carboxylic acids is 1. The minimum absolute atomic E-state index is 0.161. The van der Waals surface area contributed by atoms with Crippen molar-refractivity contribution in [2.24, 2.45) is 0 Å². The van der Waals surface area contributed by atoms with Crippen molar-refractivity contribution in [1.82, 2.24) is 0 Å². The topological polar surface area (TPSA) is 68.6 Å². The van der Waals surface area contributed by atoms with E-state index in [4.69, 9.17) is 14.2 Å². The highest BCUT2D eigenvalue weighted by atomic mass is 16.7. The van der Waals surface area contributed by atoms with Gasteiger partial charge >= 0.3 is 0 Å². The molecule has 0 atom stereocenters. The first-order valence-corrected chi connectivity index (χ1v) is 7.66. The van der Waals surface area contributed by atoms with Crippen molar-refractivity contribution in [2.45, 2.75) is 6.92 Å². The number of methoxy groups -OCH3 is 1. The number of aryl methyl sites for hydroxylation is 1. The number of carbonyl (C=O) groups is 1. The first kappa shape index (κ1) is 18.6. The molecule has 3 rings (SSSR count). The Kier molecular flexibility index (Phi) is 6.03. The zero-order valence-corrected chi connectivity index (χ0v) is 14.5. The number of benzene rings is 2. The third kappa shape index (κ3) is 3.85. The molecule has 2 aromatic carbocycles. The first-order valence-electron chi connectivity index (χ1n) is 7.66. The van der Waals surface area contributed by atoms with Crippen molar-refractivity contribution >= 4 is 11.4 Å². The van der Waals surface area contributed by atoms with Crippen molar-refractivity contribution < 1.29 is 19.0 Å². The molecule has 0 saturated heterocycles. The third-order valence-electron chi connectivity index (χ3n) is 3.76. The molecule has 1 aliphatic rings. The second-order valence-electron chi connectivity index (χ2n) is 5.29. The number of rotatable bonds is 4. The molecule has 0 bridgehead atoms. The molecule has 0 saturated carbocycles. The molecule has 0 unspecified atom stereocenters. The van der Waals surface area contributed by atoms with Crippen molar-refractivity contribution in [1.29, 1.82) is 5.26 Å². The predicted octanol–water partition coefficient (Wildman–Crippen LogP) is 3.77. The van der Waals surface area contributed by atoms with E-state index >= 15 is 0 Å². The summed E-state index contributed by atoms with van der Waals surface area (Å²) < 4.78 is 15.7. The molecule has 0 aliphatic carbocycles. The average molecular weight is 347 g/mol. The number of fused-ring (bicyclic) bond motifs is 1. The Morgan fingerprint density at radius 3 is 2.50 bits per heavy atom. The second-order valence-corrected chi connectivity index (χ2v) is 5.29. The van der Waals surface area contributed by atoms with Crippen LogP contribution in [0.25, 0.3) is 5.57 Å². The van der Waals surface area contributed by atoms with Crippen molar-refractivity contribution in [2.75, 3.05) is 13.9 Å². The number of allylic oxidation sites excluding steroid dienone is 2. The number of hydrogen-bond donors (Lipinski definition) is 0. The molecule has 0 spiro atoms. The summed E-state index contributed by atoms with van der Waals surface area (Å²) >= 11 is 0. The fourth-order valence-electron chi connectivity index (χ4n) is 2.49. The van der Waals surface area contributed by atoms with Crippen LogP contribution in [0.2, 0.25) is 0 Å². The van der Waals surface area contributed by atoms with Crippen LogP contribution >= 0.6 is 0 Å². The zero-order valence-electron chi connectivity index (χ0n) is 14.5. The van der Waals surface area contributed by atoms with Gasteiger partial charge in [-0.25, -0.2) is 0 Å². The molecule has 26 heavy (non-hydrogen) atoms. The predicted molar refractivity (Wildman–Crippen MR) is 98.1 cm³/mol. The van der Waals surface area contributed by atoms with Crippen LogP contribution in [0, 0.1) is 31.1 Å². The van der Waals surface area contributed by atoms with Gasteiger partial charge in [-0.1, -0.05) is 0 Å². The van der Waals surface area contributed by atoms with E-state index in [2.05, 4.69) is 18.9 Å². The van der Waals surface area contributed by atoms with Gasteiger partial charge in [0.25, 0.3) is 0 Å². The SMILES string of the molecule is C#C.COc1ccc(C(=O)/C=C(\C#N)c2ccc3c(c2)OCO3)cc1C. The van der Waals surface area contributed by atoms with Crippen molar-refractivity contribution in [3.63, 3.8) is 0 Å². The van der Waals surface area contributed by atoms with Crippen LogP contribution in [-0.4, -0.2) is 19.7 Å². The molecule has 0 radical (unpaired) electrons. The van der Waals surface area contributed by atoms with Gasteiger partial charge in [-0.05, 0) is 54.4 Å². The lowest BCUT2D eigenvalue weighted by molar-refractivity contribution is 0.104. The number of terminal acetylenes is 1. The van der Waals surface area contributed by atoms with Gasteiger partial charge in [0.2, 0.25) is 6.79 Å². The van der Waals surface area contributed by atoms with Crippen LogP contribution in [0.3, 0.4) is 0 Å². The van der Waals surface area contributed by atoms with E-state index < -0.39 is 0 Å². The molecule has 0 aromatic heterocycles. The van der Waals surface area contributed by atoms with E-state index in [1.165, 1.54) is 6.08 Å². The highest BCUT2D eigenvalue weighted by Gasteiger charge is 2.15. The summed E-state index contributed by atoms with van der Waals surface area (Å²) in [6, 6.07) is 12.4. The van der Waals surface area contributed by atoms with E-state index in [1.807, 2.05) is 6.92 Å². The number of ether oxygens (including phenoxy) is 3. The van der Waals surface area contributed by atoms with E-state index in [9.17, 15) is 10.1 Å². The number of nitrogens with zero attached hydrogens (tertiary/aromatic N) is 1. The molecule has 2 aromatic rings. The number of nitriles is 1. The summed E-state index contributed by atoms with van der Waals surface area (Å²) in [4.78, 5) is 12.4. The maximum Gasteiger partial charge on any atom is 0.231 e. The molecular weight excluding hydrogens is 330 g/mol. The Morgan fingerprint density at radius 1 is 1.15 bits per heavy atom. The lowest BCUT2D eigenvalue weighted by Gasteiger charge is -2.06. The van der Waals surface area contributed by atoms with Crippen LogP contribution in [0.1, 0.15) is 21.5 Å². The largest absolute Gasteiger partial charge is 0.496 e. The third-order valence-corrected chi connectivity index (χ3v) is 3.76. The Hall–Kier alpha value is -3.70. The van der Waals surface area contributed by atoms with Crippen LogP contribution in [0.4, 0.5) is 0 Å². The monoisotopic (exact) mass is 347 g/mol. The molecule has 1 aliphatic heterocycles. The van der Waals surface area contributed by atoms with Gasteiger partial charge in [0.15, 0.2) is 17.3 Å². The van der Waals surface area contributed by atoms with Gasteiger partial charge < -0.3 is 14.2 Å². The fourth-order valence-corrected chi connectivity index (χ4v) is 2.49. The maximum absolute atomic E-state index is 12.4. The molecule has 5 nitrogen and oxygen atoms in total. The highest BCUT2D eigenvalue weighted by Crippen LogP contribution is 2.34. The van der Waals surface area contributed by atoms with E-state index in [1.54, 1.807) is 43.5 Å². The van der Waals surface area contributed by atoms with E-state index in [-0.39, 0.29) is 18.1 Å². The van der Waals surface area contributed by atoms with Crippen LogP contribution in [-0.2, 0) is 0 Å². The first-order chi connectivity index (χ1) is 12.6. The Labute approximate surface area is 152 Å². The van der Waals surface area contributed by atoms with Crippen molar-refractivity contribution in [3.05, 3.63) is 59.2 Å².